The Hall–Kier alpha value is -0.620. The van der Waals surface area contributed by atoms with Crippen LogP contribution in [0.25, 0.3) is 0 Å². The third-order valence-electron chi connectivity index (χ3n) is 3.47. The molecule has 0 unspecified atom stereocenters. The lowest BCUT2D eigenvalue weighted by Gasteiger charge is -2.38. The minimum Gasteiger partial charge on any atom is -0.324 e. The van der Waals surface area contributed by atoms with Crippen molar-refractivity contribution in [2.24, 2.45) is 5.73 Å². The van der Waals surface area contributed by atoms with Gasteiger partial charge in [0.15, 0.2) is 0 Å². The minimum atomic E-state index is -3.54. The molecule has 1 saturated carbocycles. The molecule has 0 aromatic heterocycles. The lowest BCUT2D eigenvalue weighted by Crippen LogP contribution is -2.54. The molecule has 1 aromatic carbocycles. The molecule has 0 atom stereocenters. The van der Waals surface area contributed by atoms with E-state index in [0.717, 1.165) is 19.3 Å². The third-order valence-corrected chi connectivity index (χ3v) is 5.43. The van der Waals surface area contributed by atoms with Crippen LogP contribution < -0.4 is 10.5 Å². The predicted molar refractivity (Wildman–Crippen MR) is 72.1 cm³/mol. The third kappa shape index (κ3) is 2.69. The van der Waals surface area contributed by atoms with Crippen LogP contribution in [0.3, 0.4) is 0 Å². The number of hydrogen-bond acceptors (Lipinski definition) is 3. The Morgan fingerprint density at radius 1 is 1.44 bits per heavy atom. The maximum Gasteiger partial charge on any atom is 0.240 e. The smallest absolute Gasteiger partial charge is 0.240 e. The average molecular weight is 289 g/mol. The molecule has 0 saturated heterocycles. The van der Waals surface area contributed by atoms with Crippen molar-refractivity contribution in [3.8, 4) is 0 Å². The Morgan fingerprint density at radius 3 is 2.67 bits per heavy atom. The van der Waals surface area contributed by atoms with Gasteiger partial charge >= 0.3 is 0 Å². The maximum absolute atomic E-state index is 12.2. The monoisotopic (exact) mass is 288 g/mol. The van der Waals surface area contributed by atoms with Crippen LogP contribution in [-0.2, 0) is 10.0 Å². The summed E-state index contributed by atoms with van der Waals surface area (Å²) >= 11 is 5.93. The highest BCUT2D eigenvalue weighted by Gasteiger charge is 2.34. The van der Waals surface area contributed by atoms with Gasteiger partial charge in [-0.3, -0.25) is 0 Å². The zero-order valence-electron chi connectivity index (χ0n) is 10.2. The van der Waals surface area contributed by atoms with Crippen LogP contribution in [0, 0.1) is 6.92 Å². The van der Waals surface area contributed by atoms with Gasteiger partial charge in [-0.2, -0.15) is 0 Å². The van der Waals surface area contributed by atoms with Crippen LogP contribution in [0.2, 0.25) is 5.02 Å². The fraction of sp³-hybridized carbons (Fsp3) is 0.500. The van der Waals surface area contributed by atoms with Crippen molar-refractivity contribution in [1.82, 2.24) is 4.72 Å². The molecule has 1 fully saturated rings. The summed E-state index contributed by atoms with van der Waals surface area (Å²) in [7, 11) is -3.54. The van der Waals surface area contributed by atoms with E-state index < -0.39 is 10.0 Å². The molecule has 4 nitrogen and oxygen atoms in total. The van der Waals surface area contributed by atoms with Crippen LogP contribution in [0.15, 0.2) is 23.1 Å². The number of benzene rings is 1. The summed E-state index contributed by atoms with van der Waals surface area (Å²) in [5.41, 5.74) is 6.19. The number of nitrogens with two attached hydrogens (primary N) is 1. The van der Waals surface area contributed by atoms with Crippen molar-refractivity contribution >= 4 is 21.6 Å². The SMILES string of the molecule is Cc1c(Cl)cccc1S(=O)(=O)NCC1(N)CCC1. The van der Waals surface area contributed by atoms with Gasteiger partial charge in [-0.25, -0.2) is 13.1 Å². The van der Waals surface area contributed by atoms with Crippen molar-refractivity contribution in [2.45, 2.75) is 36.6 Å². The van der Waals surface area contributed by atoms with E-state index in [0.29, 0.717) is 10.6 Å². The Balaban J connectivity index is 2.18. The maximum atomic E-state index is 12.2. The van der Waals surface area contributed by atoms with Gasteiger partial charge < -0.3 is 5.73 Å². The molecule has 3 N–H and O–H groups in total. The van der Waals surface area contributed by atoms with Gasteiger partial charge in [0, 0.05) is 17.1 Å². The van der Waals surface area contributed by atoms with E-state index in [4.69, 9.17) is 17.3 Å². The second-order valence-electron chi connectivity index (χ2n) is 4.90. The summed E-state index contributed by atoms with van der Waals surface area (Å²) in [5.74, 6) is 0. The van der Waals surface area contributed by atoms with Crippen LogP contribution in [-0.4, -0.2) is 20.5 Å². The number of halogens is 1. The number of rotatable bonds is 4. The normalized spacial score (nSPS) is 18.4. The molecule has 0 amide bonds. The fourth-order valence-electron chi connectivity index (χ4n) is 2.00. The summed E-state index contributed by atoms with van der Waals surface area (Å²) in [6.07, 6.45) is 2.79. The van der Waals surface area contributed by atoms with Gasteiger partial charge in [-0.15, -0.1) is 0 Å². The molecule has 1 aromatic rings. The fourth-order valence-corrected chi connectivity index (χ4v) is 3.64. The Bertz CT molecular complexity index is 553. The minimum absolute atomic E-state index is 0.220. The lowest BCUT2D eigenvalue weighted by atomic mass is 9.78. The number of hydrogen-bond donors (Lipinski definition) is 2. The van der Waals surface area contributed by atoms with Crippen LogP contribution in [0.5, 0.6) is 0 Å². The molecule has 6 heteroatoms. The molecular weight excluding hydrogens is 272 g/mol. The zero-order chi connectivity index (χ0) is 13.4. The topological polar surface area (TPSA) is 72.2 Å². The first-order valence-electron chi connectivity index (χ1n) is 5.88. The number of nitrogens with one attached hydrogen (secondary N) is 1. The van der Waals surface area contributed by atoms with Crippen molar-refractivity contribution in [1.29, 1.82) is 0 Å². The summed E-state index contributed by atoms with van der Waals surface area (Å²) in [6.45, 7) is 1.97. The van der Waals surface area contributed by atoms with E-state index in [1.807, 2.05) is 0 Å². The summed E-state index contributed by atoms with van der Waals surface area (Å²) in [4.78, 5) is 0.220. The predicted octanol–water partition coefficient (Wildman–Crippen LogP) is 1.81. The molecule has 1 aliphatic carbocycles. The second-order valence-corrected chi connectivity index (χ2v) is 7.05. The molecule has 0 aliphatic heterocycles. The van der Waals surface area contributed by atoms with Crippen molar-refractivity contribution in [3.05, 3.63) is 28.8 Å². The quantitative estimate of drug-likeness (QED) is 0.887. The van der Waals surface area contributed by atoms with Gasteiger partial charge in [0.2, 0.25) is 10.0 Å². The molecule has 0 spiro atoms. The highest BCUT2D eigenvalue weighted by Crippen LogP contribution is 2.29. The van der Waals surface area contributed by atoms with Gasteiger partial charge in [-0.1, -0.05) is 17.7 Å². The van der Waals surface area contributed by atoms with Crippen molar-refractivity contribution < 1.29 is 8.42 Å². The van der Waals surface area contributed by atoms with E-state index in [1.54, 1.807) is 25.1 Å². The van der Waals surface area contributed by atoms with Gasteiger partial charge in [-0.05, 0) is 43.9 Å². The highest BCUT2D eigenvalue weighted by molar-refractivity contribution is 7.89. The van der Waals surface area contributed by atoms with Gasteiger partial charge in [0.1, 0.15) is 0 Å². The van der Waals surface area contributed by atoms with E-state index >= 15 is 0 Å². The van der Waals surface area contributed by atoms with E-state index in [-0.39, 0.29) is 17.0 Å². The first-order chi connectivity index (χ1) is 8.34. The van der Waals surface area contributed by atoms with Crippen LogP contribution in [0.1, 0.15) is 24.8 Å². The van der Waals surface area contributed by atoms with E-state index in [9.17, 15) is 8.42 Å². The van der Waals surface area contributed by atoms with Crippen molar-refractivity contribution in [3.63, 3.8) is 0 Å². The van der Waals surface area contributed by atoms with Crippen LogP contribution >= 0.6 is 11.6 Å². The standard InChI is InChI=1S/C12H17ClN2O2S/c1-9-10(13)4-2-5-11(9)18(16,17)15-8-12(14)6-3-7-12/h2,4-5,15H,3,6-8,14H2,1H3. The summed E-state index contributed by atoms with van der Waals surface area (Å²) in [5, 5.41) is 0.448. The van der Waals surface area contributed by atoms with E-state index in [1.165, 1.54) is 0 Å². The highest BCUT2D eigenvalue weighted by atomic mass is 35.5. The average Bonchev–Trinajstić information content (AvgIpc) is 2.27. The van der Waals surface area contributed by atoms with Gasteiger partial charge in [0.05, 0.1) is 4.90 Å². The van der Waals surface area contributed by atoms with E-state index in [2.05, 4.69) is 4.72 Å². The Labute approximate surface area is 113 Å². The van der Waals surface area contributed by atoms with Crippen LogP contribution in [0.4, 0.5) is 0 Å². The Kier molecular flexibility index (Phi) is 3.69. The van der Waals surface area contributed by atoms with Gasteiger partial charge in [0.25, 0.3) is 0 Å². The molecule has 2 rings (SSSR count). The molecule has 0 bridgehead atoms. The first-order valence-corrected chi connectivity index (χ1v) is 7.74. The molecule has 1 aliphatic rings. The number of sulfonamides is 1. The molecule has 100 valence electrons. The molecule has 18 heavy (non-hydrogen) atoms. The summed E-state index contributed by atoms with van der Waals surface area (Å²) in [6, 6.07) is 4.85. The lowest BCUT2D eigenvalue weighted by molar-refractivity contribution is 0.251. The zero-order valence-corrected chi connectivity index (χ0v) is 11.8. The largest absolute Gasteiger partial charge is 0.324 e. The summed E-state index contributed by atoms with van der Waals surface area (Å²) < 4.78 is 26.9. The molecular formula is C12H17ClN2O2S. The Morgan fingerprint density at radius 2 is 2.11 bits per heavy atom. The molecule has 0 radical (unpaired) electrons. The first kappa shape index (κ1) is 13.8. The molecule has 0 heterocycles. The van der Waals surface area contributed by atoms with Crippen molar-refractivity contribution in [2.75, 3.05) is 6.54 Å². The second kappa shape index (κ2) is 4.81.